The summed E-state index contributed by atoms with van der Waals surface area (Å²) in [6, 6.07) is 8.23. The van der Waals surface area contributed by atoms with Gasteiger partial charge in [-0.15, -0.1) is 0 Å². The van der Waals surface area contributed by atoms with E-state index in [4.69, 9.17) is 9.26 Å². The molecule has 0 bridgehead atoms. The summed E-state index contributed by atoms with van der Waals surface area (Å²) in [7, 11) is 0. The second kappa shape index (κ2) is 8.72. The first-order valence-electron chi connectivity index (χ1n) is 8.06. The van der Waals surface area contributed by atoms with Crippen molar-refractivity contribution in [3.63, 3.8) is 0 Å². The van der Waals surface area contributed by atoms with Gasteiger partial charge in [0, 0.05) is 17.4 Å². The minimum atomic E-state index is -0.503. The van der Waals surface area contributed by atoms with Crippen molar-refractivity contribution in [1.29, 1.82) is 0 Å². The molecule has 1 aromatic heterocycles. The van der Waals surface area contributed by atoms with E-state index in [1.165, 1.54) is 0 Å². The monoisotopic (exact) mass is 346 g/mol. The molecule has 1 heterocycles. The molecule has 1 atom stereocenters. The van der Waals surface area contributed by atoms with Gasteiger partial charge in [0.25, 0.3) is 0 Å². The van der Waals surface area contributed by atoms with Gasteiger partial charge in [0.05, 0.1) is 6.61 Å². The first kappa shape index (κ1) is 18.3. The summed E-state index contributed by atoms with van der Waals surface area (Å²) in [5.41, 5.74) is 1.37. The molecule has 2 amide bonds. The van der Waals surface area contributed by atoms with Crippen LogP contribution in [-0.2, 0) is 9.53 Å². The van der Waals surface area contributed by atoms with Gasteiger partial charge in [0.1, 0.15) is 11.8 Å². The molecule has 2 aromatic rings. The van der Waals surface area contributed by atoms with Crippen LogP contribution < -0.4 is 16.0 Å². The maximum atomic E-state index is 12.3. The summed E-state index contributed by atoms with van der Waals surface area (Å²) in [5, 5.41) is 12.2. The number of nitrogens with zero attached hydrogens (tertiary/aromatic N) is 1. The number of carbonyl (C=O) groups excluding carboxylic acids is 2. The van der Waals surface area contributed by atoms with Crippen molar-refractivity contribution in [1.82, 2.24) is 5.16 Å². The van der Waals surface area contributed by atoms with Crippen LogP contribution in [0.25, 0.3) is 0 Å². The Balaban J connectivity index is 1.94. The van der Waals surface area contributed by atoms with Gasteiger partial charge < -0.3 is 19.9 Å². The van der Waals surface area contributed by atoms with E-state index in [2.05, 4.69) is 21.1 Å². The predicted octanol–water partition coefficient (Wildman–Crippen LogP) is 3.38. The van der Waals surface area contributed by atoms with Crippen LogP contribution in [-0.4, -0.2) is 29.8 Å². The third kappa shape index (κ3) is 5.52. The Hall–Kier alpha value is -3.03. The summed E-state index contributed by atoms with van der Waals surface area (Å²) in [6.45, 7) is 5.71. The van der Waals surface area contributed by atoms with E-state index in [0.29, 0.717) is 30.3 Å². The van der Waals surface area contributed by atoms with Crippen molar-refractivity contribution in [3.8, 4) is 0 Å². The van der Waals surface area contributed by atoms with Crippen LogP contribution in [0.1, 0.15) is 26.0 Å². The number of amides is 2. The molecule has 8 heteroatoms. The SMILES string of the molecule is CCOC(=O)Nc1ccc(NC(CC)C(=O)Nc2cc(C)on2)cc1. The standard InChI is InChI=1S/C17H22N4O4/c1-4-14(16(22)20-15-10-11(3)25-21-15)18-12-6-8-13(9-7-12)19-17(23)24-5-2/h6-10,14,18H,4-5H2,1-3H3,(H,19,23)(H,20,21,22). The highest BCUT2D eigenvalue weighted by Gasteiger charge is 2.17. The van der Waals surface area contributed by atoms with E-state index < -0.39 is 12.1 Å². The molecule has 0 fully saturated rings. The number of rotatable bonds is 7. The Kier molecular flexibility index (Phi) is 6.39. The molecule has 134 valence electrons. The third-order valence-corrected chi connectivity index (χ3v) is 3.35. The lowest BCUT2D eigenvalue weighted by atomic mass is 10.2. The van der Waals surface area contributed by atoms with E-state index in [1.807, 2.05) is 6.92 Å². The Morgan fingerprint density at radius 3 is 2.40 bits per heavy atom. The Bertz CT molecular complexity index is 712. The largest absolute Gasteiger partial charge is 0.450 e. The molecule has 0 radical (unpaired) electrons. The van der Waals surface area contributed by atoms with Crippen molar-refractivity contribution in [3.05, 3.63) is 36.1 Å². The van der Waals surface area contributed by atoms with E-state index in [9.17, 15) is 9.59 Å². The number of ether oxygens (including phenoxy) is 1. The number of aromatic nitrogens is 1. The first-order valence-corrected chi connectivity index (χ1v) is 8.06. The number of aryl methyl sites for hydroxylation is 1. The number of anilines is 3. The molecule has 0 spiro atoms. The predicted molar refractivity (Wildman–Crippen MR) is 94.7 cm³/mol. The van der Waals surface area contributed by atoms with Gasteiger partial charge in [-0.2, -0.15) is 0 Å². The van der Waals surface area contributed by atoms with Gasteiger partial charge in [-0.1, -0.05) is 12.1 Å². The van der Waals surface area contributed by atoms with E-state index >= 15 is 0 Å². The van der Waals surface area contributed by atoms with Gasteiger partial charge in [-0.05, 0) is 44.5 Å². The van der Waals surface area contributed by atoms with E-state index in [0.717, 1.165) is 5.69 Å². The molecule has 0 aliphatic heterocycles. The smallest absolute Gasteiger partial charge is 0.411 e. The van der Waals surface area contributed by atoms with Gasteiger partial charge in [0.2, 0.25) is 5.91 Å². The fourth-order valence-corrected chi connectivity index (χ4v) is 2.13. The molecule has 0 saturated heterocycles. The van der Waals surface area contributed by atoms with Crippen LogP contribution in [0.4, 0.5) is 22.0 Å². The molecule has 1 unspecified atom stereocenters. The zero-order chi connectivity index (χ0) is 18.2. The topological polar surface area (TPSA) is 105 Å². The molecule has 0 aliphatic carbocycles. The Labute approximate surface area is 145 Å². The molecule has 25 heavy (non-hydrogen) atoms. The lowest BCUT2D eigenvalue weighted by Crippen LogP contribution is -2.34. The van der Waals surface area contributed by atoms with Gasteiger partial charge in [-0.3, -0.25) is 10.1 Å². The number of hydrogen-bond donors (Lipinski definition) is 3. The van der Waals surface area contributed by atoms with Crippen LogP contribution in [0.15, 0.2) is 34.9 Å². The summed E-state index contributed by atoms with van der Waals surface area (Å²) in [4.78, 5) is 23.7. The highest BCUT2D eigenvalue weighted by atomic mass is 16.5. The van der Waals surface area contributed by atoms with Crippen molar-refractivity contribution in [2.45, 2.75) is 33.2 Å². The van der Waals surface area contributed by atoms with E-state index in [-0.39, 0.29) is 5.91 Å². The lowest BCUT2D eigenvalue weighted by Gasteiger charge is -2.17. The average Bonchev–Trinajstić information content (AvgIpc) is 2.99. The maximum absolute atomic E-state index is 12.3. The maximum Gasteiger partial charge on any atom is 0.411 e. The Morgan fingerprint density at radius 2 is 1.84 bits per heavy atom. The van der Waals surface area contributed by atoms with Gasteiger partial charge in [0.15, 0.2) is 5.82 Å². The summed E-state index contributed by atoms with van der Waals surface area (Å²) >= 11 is 0. The quantitative estimate of drug-likeness (QED) is 0.710. The molecule has 8 nitrogen and oxygen atoms in total. The van der Waals surface area contributed by atoms with Crippen molar-refractivity contribution >= 4 is 29.2 Å². The summed E-state index contributed by atoms with van der Waals surface area (Å²) in [6.07, 6.45) is 0.0859. The van der Waals surface area contributed by atoms with Crippen LogP contribution in [0.5, 0.6) is 0 Å². The second-order valence-electron chi connectivity index (χ2n) is 5.34. The number of carbonyl (C=O) groups is 2. The zero-order valence-corrected chi connectivity index (χ0v) is 14.5. The fourth-order valence-electron chi connectivity index (χ4n) is 2.13. The van der Waals surface area contributed by atoms with Crippen LogP contribution in [0.3, 0.4) is 0 Å². The van der Waals surface area contributed by atoms with Crippen LogP contribution >= 0.6 is 0 Å². The molecular formula is C17H22N4O4. The third-order valence-electron chi connectivity index (χ3n) is 3.35. The van der Waals surface area contributed by atoms with Gasteiger partial charge >= 0.3 is 6.09 Å². The van der Waals surface area contributed by atoms with Crippen molar-refractivity contribution in [2.75, 3.05) is 22.6 Å². The van der Waals surface area contributed by atoms with Gasteiger partial charge in [-0.25, -0.2) is 4.79 Å². The Morgan fingerprint density at radius 1 is 1.16 bits per heavy atom. The summed E-state index contributed by atoms with van der Waals surface area (Å²) in [5.74, 6) is 0.808. The molecule has 2 rings (SSSR count). The normalized spacial score (nSPS) is 11.5. The molecule has 1 aromatic carbocycles. The highest BCUT2D eigenvalue weighted by molar-refractivity contribution is 5.95. The van der Waals surface area contributed by atoms with E-state index in [1.54, 1.807) is 44.2 Å². The number of nitrogens with one attached hydrogen (secondary N) is 3. The highest BCUT2D eigenvalue weighted by Crippen LogP contribution is 2.16. The minimum Gasteiger partial charge on any atom is -0.450 e. The molecule has 3 N–H and O–H groups in total. The molecule has 0 saturated carbocycles. The van der Waals surface area contributed by atoms with Crippen LogP contribution in [0, 0.1) is 6.92 Å². The minimum absolute atomic E-state index is 0.204. The lowest BCUT2D eigenvalue weighted by molar-refractivity contribution is -0.117. The number of benzene rings is 1. The average molecular weight is 346 g/mol. The zero-order valence-electron chi connectivity index (χ0n) is 14.5. The first-order chi connectivity index (χ1) is 12.0. The molecule has 0 aliphatic rings. The van der Waals surface area contributed by atoms with Crippen molar-refractivity contribution in [2.24, 2.45) is 0 Å². The number of hydrogen-bond acceptors (Lipinski definition) is 6. The fraction of sp³-hybridized carbons (Fsp3) is 0.353. The van der Waals surface area contributed by atoms with Crippen LogP contribution in [0.2, 0.25) is 0 Å². The van der Waals surface area contributed by atoms with Crippen molar-refractivity contribution < 1.29 is 18.8 Å². The summed E-state index contributed by atoms with van der Waals surface area (Å²) < 4.78 is 9.74. The molecular weight excluding hydrogens is 324 g/mol. The second-order valence-corrected chi connectivity index (χ2v) is 5.34.